The molecule has 2 rings (SSSR count). The van der Waals surface area contributed by atoms with Crippen molar-refractivity contribution in [3.05, 3.63) is 6.20 Å². The Balaban J connectivity index is 2.43. The lowest BCUT2D eigenvalue weighted by Gasteiger charge is -2.26. The Bertz CT molecular complexity index is 529. The molecule has 0 aliphatic rings. The van der Waals surface area contributed by atoms with Crippen LogP contribution in [-0.4, -0.2) is 44.5 Å². The van der Waals surface area contributed by atoms with Crippen molar-refractivity contribution in [3.8, 4) is 0 Å². The Morgan fingerprint density at radius 2 is 2.18 bits per heavy atom. The van der Waals surface area contributed by atoms with Crippen LogP contribution in [0.25, 0.3) is 11.0 Å². The van der Waals surface area contributed by atoms with Gasteiger partial charge < -0.3 is 15.7 Å². The molecule has 7 heteroatoms. The molecule has 0 amide bonds. The molecule has 0 aromatic carbocycles. The first-order valence-electron chi connectivity index (χ1n) is 5.27. The molecule has 0 radical (unpaired) electrons. The highest BCUT2D eigenvalue weighted by Gasteiger charge is 2.19. The molecular weight excluding hydrogens is 220 g/mol. The van der Waals surface area contributed by atoms with Crippen LogP contribution in [0.15, 0.2) is 6.20 Å². The number of nitrogens with two attached hydrogens (primary N) is 1. The summed E-state index contributed by atoms with van der Waals surface area (Å²) in [7, 11) is 1.84. The number of nitrogen functional groups attached to an aromatic ring is 1. The summed E-state index contributed by atoms with van der Waals surface area (Å²) in [5, 5.41) is 17.2. The molecule has 7 nitrogen and oxygen atoms in total. The van der Waals surface area contributed by atoms with Crippen LogP contribution >= 0.6 is 0 Å². The molecule has 0 bridgehead atoms. The van der Waals surface area contributed by atoms with Crippen LogP contribution in [0.3, 0.4) is 0 Å². The molecule has 92 valence electrons. The third-order valence-electron chi connectivity index (χ3n) is 2.29. The van der Waals surface area contributed by atoms with Gasteiger partial charge in [-0.2, -0.15) is 15.1 Å². The van der Waals surface area contributed by atoms with Gasteiger partial charge in [0.05, 0.1) is 17.2 Å². The van der Waals surface area contributed by atoms with E-state index < -0.39 is 5.60 Å². The quantitative estimate of drug-likeness (QED) is 0.700. The van der Waals surface area contributed by atoms with Crippen molar-refractivity contribution < 1.29 is 5.11 Å². The number of fused-ring (bicyclic) bond motifs is 1. The monoisotopic (exact) mass is 236 g/mol. The molecule has 2 aromatic heterocycles. The summed E-state index contributed by atoms with van der Waals surface area (Å²) in [6.45, 7) is 3.91. The fraction of sp³-hybridized carbons (Fsp3) is 0.500. The van der Waals surface area contributed by atoms with Gasteiger partial charge in [0.15, 0.2) is 5.65 Å². The van der Waals surface area contributed by atoms with Crippen molar-refractivity contribution in [2.24, 2.45) is 0 Å². The van der Waals surface area contributed by atoms with Crippen molar-refractivity contribution >= 4 is 22.8 Å². The lowest BCUT2D eigenvalue weighted by Crippen LogP contribution is -2.36. The topological polar surface area (TPSA) is 104 Å². The smallest absolute Gasteiger partial charge is 0.224 e. The molecule has 0 atom stereocenters. The van der Waals surface area contributed by atoms with Gasteiger partial charge in [-0.05, 0) is 13.8 Å². The van der Waals surface area contributed by atoms with Crippen LogP contribution in [0.2, 0.25) is 0 Å². The average Bonchev–Trinajstić information content (AvgIpc) is 2.60. The molecule has 4 N–H and O–H groups in total. The summed E-state index contributed by atoms with van der Waals surface area (Å²) in [6.07, 6.45) is 1.64. The van der Waals surface area contributed by atoms with E-state index in [0.717, 1.165) is 5.39 Å². The van der Waals surface area contributed by atoms with Gasteiger partial charge in [-0.1, -0.05) is 0 Å². The van der Waals surface area contributed by atoms with E-state index in [1.807, 2.05) is 11.9 Å². The average molecular weight is 236 g/mol. The standard InChI is InChI=1S/C10H16N6O/c1-10(2,17)5-16(3)8-6-4-12-15-7(6)13-9(11)14-8/h4,17H,5H2,1-3H3,(H3,11,12,13,14,15). The van der Waals surface area contributed by atoms with E-state index >= 15 is 0 Å². The van der Waals surface area contributed by atoms with E-state index in [9.17, 15) is 5.11 Å². The minimum Gasteiger partial charge on any atom is -0.389 e. The molecule has 0 aliphatic carbocycles. The van der Waals surface area contributed by atoms with Crippen molar-refractivity contribution in [2.45, 2.75) is 19.4 Å². The van der Waals surface area contributed by atoms with E-state index in [4.69, 9.17) is 5.73 Å². The van der Waals surface area contributed by atoms with Crippen LogP contribution in [-0.2, 0) is 0 Å². The Hall–Kier alpha value is -1.89. The van der Waals surface area contributed by atoms with Crippen LogP contribution in [0, 0.1) is 0 Å². The van der Waals surface area contributed by atoms with E-state index in [1.54, 1.807) is 20.0 Å². The van der Waals surface area contributed by atoms with Gasteiger partial charge >= 0.3 is 0 Å². The molecule has 0 saturated carbocycles. The normalized spacial score (nSPS) is 12.0. The maximum Gasteiger partial charge on any atom is 0.224 e. The zero-order valence-electron chi connectivity index (χ0n) is 10.1. The summed E-state index contributed by atoms with van der Waals surface area (Å²) in [4.78, 5) is 10.0. The summed E-state index contributed by atoms with van der Waals surface area (Å²) < 4.78 is 0. The van der Waals surface area contributed by atoms with E-state index in [2.05, 4.69) is 20.2 Å². The summed E-state index contributed by atoms with van der Waals surface area (Å²) in [6, 6.07) is 0. The highest BCUT2D eigenvalue weighted by atomic mass is 16.3. The van der Waals surface area contributed by atoms with Crippen molar-refractivity contribution in [2.75, 3.05) is 24.2 Å². The molecule has 0 saturated heterocycles. The van der Waals surface area contributed by atoms with Crippen molar-refractivity contribution in [1.29, 1.82) is 0 Å². The minimum absolute atomic E-state index is 0.180. The zero-order valence-corrected chi connectivity index (χ0v) is 10.1. The summed E-state index contributed by atoms with van der Waals surface area (Å²) >= 11 is 0. The van der Waals surface area contributed by atoms with Crippen LogP contribution in [0.4, 0.5) is 11.8 Å². The van der Waals surface area contributed by atoms with Gasteiger partial charge in [0.2, 0.25) is 5.95 Å². The maximum absolute atomic E-state index is 9.80. The Morgan fingerprint density at radius 3 is 2.82 bits per heavy atom. The SMILES string of the molecule is CN(CC(C)(C)O)c1nc(N)nc2[nH]ncc12. The van der Waals surface area contributed by atoms with Gasteiger partial charge in [-0.3, -0.25) is 5.10 Å². The second-order valence-electron chi connectivity index (χ2n) is 4.71. The lowest BCUT2D eigenvalue weighted by molar-refractivity contribution is 0.0885. The first kappa shape index (κ1) is 11.6. The number of hydrogen-bond donors (Lipinski definition) is 3. The highest BCUT2D eigenvalue weighted by Crippen LogP contribution is 2.23. The molecule has 0 unspecified atom stereocenters. The zero-order chi connectivity index (χ0) is 12.6. The number of anilines is 2. The van der Waals surface area contributed by atoms with E-state index in [-0.39, 0.29) is 5.95 Å². The predicted octanol–water partition coefficient (Wildman–Crippen LogP) is 0.142. The summed E-state index contributed by atoms with van der Waals surface area (Å²) in [5.41, 5.74) is 5.40. The third kappa shape index (κ3) is 2.44. The van der Waals surface area contributed by atoms with Crippen LogP contribution in [0.5, 0.6) is 0 Å². The molecule has 0 aliphatic heterocycles. The molecule has 0 fully saturated rings. The van der Waals surface area contributed by atoms with Crippen LogP contribution < -0.4 is 10.6 Å². The Kier molecular flexibility index (Phi) is 2.62. The van der Waals surface area contributed by atoms with Gasteiger partial charge in [0.1, 0.15) is 5.82 Å². The first-order valence-corrected chi connectivity index (χ1v) is 5.27. The number of aromatic amines is 1. The summed E-state index contributed by atoms with van der Waals surface area (Å²) in [5.74, 6) is 0.836. The maximum atomic E-state index is 9.80. The molecular formula is C10H16N6O. The number of nitrogens with one attached hydrogen (secondary N) is 1. The number of rotatable bonds is 3. The fourth-order valence-corrected chi connectivity index (χ4v) is 1.78. The molecule has 0 spiro atoms. The highest BCUT2D eigenvalue weighted by molar-refractivity contribution is 5.87. The fourth-order valence-electron chi connectivity index (χ4n) is 1.78. The van der Waals surface area contributed by atoms with Crippen molar-refractivity contribution in [3.63, 3.8) is 0 Å². The van der Waals surface area contributed by atoms with E-state index in [0.29, 0.717) is 18.0 Å². The number of likely N-dealkylation sites (N-methyl/N-ethyl adjacent to an activating group) is 1. The predicted molar refractivity (Wildman–Crippen MR) is 65.7 cm³/mol. The number of nitrogens with zero attached hydrogens (tertiary/aromatic N) is 4. The molecule has 2 aromatic rings. The lowest BCUT2D eigenvalue weighted by atomic mass is 10.1. The minimum atomic E-state index is -0.815. The Labute approximate surface area is 98.7 Å². The van der Waals surface area contributed by atoms with Gasteiger partial charge in [-0.25, -0.2) is 0 Å². The number of hydrogen-bond acceptors (Lipinski definition) is 6. The van der Waals surface area contributed by atoms with Gasteiger partial charge in [-0.15, -0.1) is 0 Å². The number of aliphatic hydroxyl groups is 1. The second kappa shape index (κ2) is 3.85. The number of H-pyrrole nitrogens is 1. The van der Waals surface area contributed by atoms with Crippen LogP contribution in [0.1, 0.15) is 13.8 Å². The largest absolute Gasteiger partial charge is 0.389 e. The Morgan fingerprint density at radius 1 is 1.47 bits per heavy atom. The number of aromatic nitrogens is 4. The van der Waals surface area contributed by atoms with Gasteiger partial charge in [0.25, 0.3) is 0 Å². The second-order valence-corrected chi connectivity index (χ2v) is 4.71. The molecule has 2 heterocycles. The first-order chi connectivity index (χ1) is 7.87. The third-order valence-corrected chi connectivity index (χ3v) is 2.29. The van der Waals surface area contributed by atoms with E-state index in [1.165, 1.54) is 0 Å². The molecule has 17 heavy (non-hydrogen) atoms. The van der Waals surface area contributed by atoms with Crippen molar-refractivity contribution in [1.82, 2.24) is 20.2 Å². The van der Waals surface area contributed by atoms with Gasteiger partial charge in [0, 0.05) is 13.6 Å².